The van der Waals surface area contributed by atoms with Gasteiger partial charge in [-0.2, -0.15) is 0 Å². The molecule has 0 fully saturated rings. The van der Waals surface area contributed by atoms with Crippen molar-refractivity contribution >= 4 is 27.4 Å². The van der Waals surface area contributed by atoms with Gasteiger partial charge in [0.05, 0.1) is 0 Å². The molecule has 1 atom stereocenters. The molecular weight excluding hydrogens is 292 g/mol. The van der Waals surface area contributed by atoms with E-state index in [-0.39, 0.29) is 0 Å². The summed E-state index contributed by atoms with van der Waals surface area (Å²) in [6.45, 7) is 6.66. The molecule has 0 amide bonds. The zero-order valence-corrected chi connectivity index (χ0v) is 12.6. The van der Waals surface area contributed by atoms with Crippen molar-refractivity contribution in [3.8, 4) is 0 Å². The highest BCUT2D eigenvalue weighted by Gasteiger charge is 2.16. The Morgan fingerprint density at radius 2 is 2.11 bits per heavy atom. The molecule has 0 aliphatic heterocycles. The number of halogens is 1. The minimum atomic E-state index is 0.391. The number of hydrogen-bond acceptors (Lipinski definition) is 3. The molecule has 4 nitrogen and oxygen atoms in total. The quantitative estimate of drug-likeness (QED) is 0.915. The van der Waals surface area contributed by atoms with Crippen molar-refractivity contribution in [3.63, 3.8) is 0 Å². The summed E-state index contributed by atoms with van der Waals surface area (Å²) in [4.78, 5) is 8.83. The normalized spacial score (nSPS) is 13.2. The van der Waals surface area contributed by atoms with E-state index < -0.39 is 0 Å². The van der Waals surface area contributed by atoms with Crippen molar-refractivity contribution in [3.05, 3.63) is 23.2 Å². The highest BCUT2D eigenvalue weighted by Crippen LogP contribution is 2.21. The largest absolute Gasteiger partial charge is 0.364 e. The Hall–Kier alpha value is -1.10. The fourth-order valence-corrected chi connectivity index (χ4v) is 2.73. The van der Waals surface area contributed by atoms with Gasteiger partial charge in [0.1, 0.15) is 4.60 Å². The van der Waals surface area contributed by atoms with Crippen LogP contribution in [-0.4, -0.2) is 20.4 Å². The molecule has 18 heavy (non-hydrogen) atoms. The topological polar surface area (TPSA) is 42.2 Å². The van der Waals surface area contributed by atoms with E-state index in [4.69, 9.17) is 0 Å². The Bertz CT molecular complexity index is 519. The Morgan fingerprint density at radius 3 is 2.78 bits per heavy atom. The molecule has 0 saturated heterocycles. The molecule has 0 spiro atoms. The van der Waals surface area contributed by atoms with Gasteiger partial charge in [-0.15, -0.1) is 0 Å². The second-order valence-corrected chi connectivity index (χ2v) is 5.39. The molecule has 98 valence electrons. The smallest absolute Gasteiger partial charge is 0.180 e. The fraction of sp³-hybridized carbons (Fsp3) is 0.538. The Balaban J connectivity index is 2.28. The lowest BCUT2D eigenvalue weighted by Gasteiger charge is -2.23. The highest BCUT2D eigenvalue weighted by molar-refractivity contribution is 9.10. The number of aromatic nitrogens is 3. The molecule has 0 aliphatic rings. The molecule has 2 aromatic heterocycles. The first-order chi connectivity index (χ1) is 8.65. The van der Waals surface area contributed by atoms with Crippen molar-refractivity contribution in [2.45, 2.75) is 39.7 Å². The van der Waals surface area contributed by atoms with Gasteiger partial charge in [-0.05, 0) is 28.8 Å². The van der Waals surface area contributed by atoms with E-state index in [2.05, 4.69) is 52.0 Å². The van der Waals surface area contributed by atoms with Crippen LogP contribution < -0.4 is 5.32 Å². The monoisotopic (exact) mass is 310 g/mol. The summed E-state index contributed by atoms with van der Waals surface area (Å²) in [7, 11) is 0. The summed E-state index contributed by atoms with van der Waals surface area (Å²) in [5.41, 5.74) is 0.871. The zero-order valence-electron chi connectivity index (χ0n) is 11.0. The molecular formula is C13H19BrN4. The average Bonchev–Trinajstić information content (AvgIpc) is 2.78. The predicted octanol–water partition coefficient (Wildman–Crippen LogP) is 3.73. The minimum Gasteiger partial charge on any atom is -0.364 e. The predicted molar refractivity (Wildman–Crippen MR) is 77.8 cm³/mol. The molecule has 1 unspecified atom stereocenters. The summed E-state index contributed by atoms with van der Waals surface area (Å²) in [6, 6.07) is 0.391. The molecule has 5 heteroatoms. The van der Waals surface area contributed by atoms with Gasteiger partial charge in [0.15, 0.2) is 11.5 Å². The van der Waals surface area contributed by atoms with Gasteiger partial charge in [0, 0.05) is 24.6 Å². The number of nitrogens with one attached hydrogen (secondary N) is 1. The second kappa shape index (κ2) is 5.69. The van der Waals surface area contributed by atoms with Crippen LogP contribution in [0.3, 0.4) is 0 Å². The maximum atomic E-state index is 4.49. The zero-order chi connectivity index (χ0) is 13.1. The van der Waals surface area contributed by atoms with Crippen LogP contribution in [0.2, 0.25) is 0 Å². The van der Waals surface area contributed by atoms with Crippen LogP contribution in [0.1, 0.15) is 33.6 Å². The molecule has 2 rings (SSSR count). The van der Waals surface area contributed by atoms with E-state index >= 15 is 0 Å². The molecule has 0 aromatic carbocycles. The maximum Gasteiger partial charge on any atom is 0.180 e. The SMILES string of the molecule is CCC(CC)C(C)Nc1nc(Br)cn2ccnc12. The summed E-state index contributed by atoms with van der Waals surface area (Å²) in [6.07, 6.45) is 7.97. The number of rotatable bonds is 5. The first-order valence-electron chi connectivity index (χ1n) is 6.41. The third kappa shape index (κ3) is 2.66. The van der Waals surface area contributed by atoms with Crippen molar-refractivity contribution in [1.29, 1.82) is 0 Å². The molecule has 1 N–H and O–H groups in total. The minimum absolute atomic E-state index is 0.391. The average molecular weight is 311 g/mol. The van der Waals surface area contributed by atoms with E-state index in [0.29, 0.717) is 12.0 Å². The number of anilines is 1. The van der Waals surface area contributed by atoms with Gasteiger partial charge in [-0.1, -0.05) is 26.7 Å². The van der Waals surface area contributed by atoms with Crippen LogP contribution in [0.25, 0.3) is 5.65 Å². The summed E-state index contributed by atoms with van der Waals surface area (Å²) < 4.78 is 2.78. The lowest BCUT2D eigenvalue weighted by atomic mass is 9.95. The maximum absolute atomic E-state index is 4.49. The van der Waals surface area contributed by atoms with Crippen molar-refractivity contribution in [2.24, 2.45) is 5.92 Å². The van der Waals surface area contributed by atoms with Crippen LogP contribution in [0.4, 0.5) is 5.82 Å². The van der Waals surface area contributed by atoms with Gasteiger partial charge < -0.3 is 9.72 Å². The first-order valence-corrected chi connectivity index (χ1v) is 7.20. The molecule has 0 radical (unpaired) electrons. The van der Waals surface area contributed by atoms with Gasteiger partial charge >= 0.3 is 0 Å². The van der Waals surface area contributed by atoms with Crippen LogP contribution in [0, 0.1) is 5.92 Å². The van der Waals surface area contributed by atoms with Crippen LogP contribution >= 0.6 is 15.9 Å². The standard InChI is InChI=1S/C13H19BrN4/c1-4-10(5-2)9(3)16-12-13-15-6-7-18(13)8-11(14)17-12/h6-10H,4-5H2,1-3H3,(H,16,17). The third-order valence-corrected chi connectivity index (χ3v) is 3.85. The number of nitrogens with zero attached hydrogens (tertiary/aromatic N) is 3. The van der Waals surface area contributed by atoms with Gasteiger partial charge in [-0.3, -0.25) is 0 Å². The molecule has 2 aromatic rings. The van der Waals surface area contributed by atoms with Crippen LogP contribution in [-0.2, 0) is 0 Å². The van der Waals surface area contributed by atoms with Crippen molar-refractivity contribution in [1.82, 2.24) is 14.4 Å². The van der Waals surface area contributed by atoms with Crippen molar-refractivity contribution in [2.75, 3.05) is 5.32 Å². The van der Waals surface area contributed by atoms with E-state index in [1.807, 2.05) is 16.8 Å². The fourth-order valence-electron chi connectivity index (χ4n) is 2.33. The number of imidazole rings is 1. The Labute approximate surface area is 116 Å². The van der Waals surface area contributed by atoms with Crippen molar-refractivity contribution < 1.29 is 0 Å². The highest BCUT2D eigenvalue weighted by atomic mass is 79.9. The van der Waals surface area contributed by atoms with Gasteiger partial charge in [0.2, 0.25) is 0 Å². The first kappa shape index (κ1) is 13.3. The van der Waals surface area contributed by atoms with Gasteiger partial charge in [0.25, 0.3) is 0 Å². The van der Waals surface area contributed by atoms with E-state index in [1.54, 1.807) is 6.20 Å². The number of fused-ring (bicyclic) bond motifs is 1. The molecule has 0 bridgehead atoms. The Kier molecular flexibility index (Phi) is 4.22. The second-order valence-electron chi connectivity index (χ2n) is 4.58. The van der Waals surface area contributed by atoms with Gasteiger partial charge in [-0.25, -0.2) is 9.97 Å². The third-order valence-electron chi connectivity index (χ3n) is 3.46. The van der Waals surface area contributed by atoms with E-state index in [9.17, 15) is 0 Å². The lowest BCUT2D eigenvalue weighted by Crippen LogP contribution is -2.26. The molecule has 0 saturated carbocycles. The van der Waals surface area contributed by atoms with E-state index in [0.717, 1.165) is 16.1 Å². The summed E-state index contributed by atoms with van der Waals surface area (Å²) in [5.74, 6) is 1.49. The summed E-state index contributed by atoms with van der Waals surface area (Å²) >= 11 is 3.43. The lowest BCUT2D eigenvalue weighted by molar-refractivity contribution is 0.437. The summed E-state index contributed by atoms with van der Waals surface area (Å²) in [5, 5.41) is 3.49. The molecule has 0 aliphatic carbocycles. The van der Waals surface area contributed by atoms with Crippen LogP contribution in [0.5, 0.6) is 0 Å². The molecule has 2 heterocycles. The van der Waals surface area contributed by atoms with E-state index in [1.165, 1.54) is 12.8 Å². The van der Waals surface area contributed by atoms with Crippen LogP contribution in [0.15, 0.2) is 23.2 Å². The Morgan fingerprint density at radius 1 is 1.39 bits per heavy atom. The number of hydrogen-bond donors (Lipinski definition) is 1.